The molecule has 1 aromatic rings. The fourth-order valence-corrected chi connectivity index (χ4v) is 2.00. The second-order valence-corrected chi connectivity index (χ2v) is 4.38. The molecule has 1 N–H and O–H groups in total. The molecule has 1 aliphatic carbocycles. The molecule has 102 valence electrons. The number of halogens is 1. The van der Waals surface area contributed by atoms with Crippen molar-refractivity contribution >= 4 is 11.6 Å². The van der Waals surface area contributed by atoms with Crippen molar-refractivity contribution < 1.29 is 18.9 Å². The molecular weight excluding hydrogens is 255 g/mol. The quantitative estimate of drug-likeness (QED) is 0.671. The van der Waals surface area contributed by atoms with Crippen LogP contribution in [0.5, 0.6) is 0 Å². The molecule has 1 fully saturated rings. The molecule has 0 aromatic heterocycles. The van der Waals surface area contributed by atoms with Crippen LogP contribution in [-0.4, -0.2) is 16.9 Å². The summed E-state index contributed by atoms with van der Waals surface area (Å²) < 4.78 is 13.4. The van der Waals surface area contributed by atoms with Gasteiger partial charge in [-0.05, 0) is 18.9 Å². The Morgan fingerprint density at radius 1 is 1.42 bits per heavy atom. The van der Waals surface area contributed by atoms with E-state index in [0.29, 0.717) is 0 Å². The third-order valence-electron chi connectivity index (χ3n) is 3.03. The zero-order valence-corrected chi connectivity index (χ0v) is 10.1. The number of hydrogen-bond acceptors (Lipinski definition) is 4. The molecule has 19 heavy (non-hydrogen) atoms. The lowest BCUT2D eigenvalue weighted by atomic mass is 10.2. The summed E-state index contributed by atoms with van der Waals surface area (Å²) in [4.78, 5) is 26.7. The normalized spacial score (nSPS) is 15.4. The van der Waals surface area contributed by atoms with Gasteiger partial charge in [-0.2, -0.15) is 0 Å². The highest BCUT2D eigenvalue weighted by atomic mass is 19.1. The van der Waals surface area contributed by atoms with Crippen molar-refractivity contribution in [2.75, 3.05) is 0 Å². The van der Waals surface area contributed by atoms with Gasteiger partial charge < -0.3 is 0 Å². The van der Waals surface area contributed by atoms with E-state index in [-0.39, 0.29) is 11.8 Å². The lowest BCUT2D eigenvalue weighted by Crippen LogP contribution is -2.29. The molecule has 0 atom stereocenters. The minimum Gasteiger partial charge on any atom is -0.270 e. The Hall–Kier alpha value is -2.02. The van der Waals surface area contributed by atoms with E-state index in [1.807, 2.05) is 0 Å². The highest BCUT2D eigenvalue weighted by Gasteiger charge is 2.20. The topological polar surface area (TPSA) is 81.5 Å². The van der Waals surface area contributed by atoms with Crippen molar-refractivity contribution in [2.24, 2.45) is 0 Å². The Kier molecular flexibility index (Phi) is 4.06. The SMILES string of the molecule is O=C(NOC1CCCC1)c1cc([N+](=O)[O-])ccc1F. The predicted octanol–water partition coefficient (Wildman–Crippen LogP) is 2.34. The molecule has 1 aromatic carbocycles. The number of benzene rings is 1. The smallest absolute Gasteiger partial charge is 0.270 e. The summed E-state index contributed by atoms with van der Waals surface area (Å²) in [5, 5.41) is 10.6. The average Bonchev–Trinajstić information content (AvgIpc) is 2.89. The van der Waals surface area contributed by atoms with Crippen molar-refractivity contribution in [1.29, 1.82) is 0 Å². The van der Waals surface area contributed by atoms with Gasteiger partial charge in [-0.1, -0.05) is 12.8 Å². The van der Waals surface area contributed by atoms with Crippen LogP contribution in [0.1, 0.15) is 36.0 Å². The van der Waals surface area contributed by atoms with Crippen molar-refractivity contribution in [3.8, 4) is 0 Å². The van der Waals surface area contributed by atoms with Gasteiger partial charge in [0.1, 0.15) is 5.82 Å². The Morgan fingerprint density at radius 3 is 2.74 bits per heavy atom. The third kappa shape index (κ3) is 3.25. The van der Waals surface area contributed by atoms with Crippen LogP contribution >= 0.6 is 0 Å². The van der Waals surface area contributed by atoms with Crippen LogP contribution in [0.2, 0.25) is 0 Å². The highest BCUT2D eigenvalue weighted by Crippen LogP contribution is 2.21. The van der Waals surface area contributed by atoms with E-state index in [0.717, 1.165) is 43.9 Å². The Labute approximate surface area is 108 Å². The molecule has 0 bridgehead atoms. The van der Waals surface area contributed by atoms with Crippen molar-refractivity contribution in [1.82, 2.24) is 5.48 Å². The van der Waals surface area contributed by atoms with E-state index < -0.39 is 22.2 Å². The van der Waals surface area contributed by atoms with Gasteiger partial charge in [0.2, 0.25) is 0 Å². The Morgan fingerprint density at radius 2 is 2.11 bits per heavy atom. The van der Waals surface area contributed by atoms with Gasteiger partial charge >= 0.3 is 0 Å². The maximum Gasteiger partial charge on any atom is 0.278 e. The van der Waals surface area contributed by atoms with E-state index in [1.54, 1.807) is 0 Å². The third-order valence-corrected chi connectivity index (χ3v) is 3.03. The van der Waals surface area contributed by atoms with Gasteiger partial charge in [0.05, 0.1) is 16.6 Å². The van der Waals surface area contributed by atoms with Crippen molar-refractivity contribution in [2.45, 2.75) is 31.8 Å². The Bertz CT molecular complexity index is 501. The largest absolute Gasteiger partial charge is 0.278 e. The van der Waals surface area contributed by atoms with Gasteiger partial charge in [-0.3, -0.25) is 19.7 Å². The summed E-state index contributed by atoms with van der Waals surface area (Å²) in [5.74, 6) is -1.63. The summed E-state index contributed by atoms with van der Waals surface area (Å²) in [6.45, 7) is 0. The van der Waals surface area contributed by atoms with Crippen LogP contribution in [-0.2, 0) is 4.84 Å². The van der Waals surface area contributed by atoms with E-state index in [9.17, 15) is 19.3 Å². The van der Waals surface area contributed by atoms with Crippen LogP contribution in [0.4, 0.5) is 10.1 Å². The predicted molar refractivity (Wildman–Crippen MR) is 63.9 cm³/mol. The lowest BCUT2D eigenvalue weighted by Gasteiger charge is -2.11. The first-order valence-corrected chi connectivity index (χ1v) is 5.98. The number of non-ortho nitro benzene ring substituents is 1. The summed E-state index contributed by atoms with van der Waals surface area (Å²) in [6.07, 6.45) is 3.69. The van der Waals surface area contributed by atoms with E-state index >= 15 is 0 Å². The summed E-state index contributed by atoms with van der Waals surface area (Å²) >= 11 is 0. The number of nitrogens with zero attached hydrogens (tertiary/aromatic N) is 1. The van der Waals surface area contributed by atoms with Gasteiger partial charge in [-0.25, -0.2) is 9.87 Å². The monoisotopic (exact) mass is 268 g/mol. The first-order chi connectivity index (χ1) is 9.08. The average molecular weight is 268 g/mol. The minimum absolute atomic E-state index is 0.0642. The van der Waals surface area contributed by atoms with Crippen molar-refractivity contribution in [3.05, 3.63) is 39.7 Å². The first-order valence-electron chi connectivity index (χ1n) is 5.98. The number of hydrogen-bond donors (Lipinski definition) is 1. The van der Waals surface area contributed by atoms with E-state index in [1.165, 1.54) is 0 Å². The number of nitro benzene ring substituents is 1. The molecule has 0 heterocycles. The molecule has 0 spiro atoms. The molecule has 1 amide bonds. The molecule has 1 aliphatic rings. The van der Waals surface area contributed by atoms with Crippen LogP contribution < -0.4 is 5.48 Å². The summed E-state index contributed by atoms with van der Waals surface area (Å²) in [5.41, 5.74) is 1.41. The number of carbonyl (C=O) groups excluding carboxylic acids is 1. The molecule has 0 radical (unpaired) electrons. The van der Waals surface area contributed by atoms with Gasteiger partial charge in [-0.15, -0.1) is 0 Å². The summed E-state index contributed by atoms with van der Waals surface area (Å²) in [6, 6.07) is 2.79. The second-order valence-electron chi connectivity index (χ2n) is 4.38. The fraction of sp³-hybridized carbons (Fsp3) is 0.417. The number of rotatable bonds is 4. The molecule has 2 rings (SSSR count). The minimum atomic E-state index is -0.821. The number of amides is 1. The zero-order valence-electron chi connectivity index (χ0n) is 10.1. The van der Waals surface area contributed by atoms with Crippen molar-refractivity contribution in [3.63, 3.8) is 0 Å². The first kappa shape index (κ1) is 13.4. The van der Waals surface area contributed by atoms with Crippen LogP contribution in [0.25, 0.3) is 0 Å². The maximum atomic E-state index is 13.4. The van der Waals surface area contributed by atoms with E-state index in [4.69, 9.17) is 4.84 Å². The number of nitrogens with one attached hydrogen (secondary N) is 1. The van der Waals surface area contributed by atoms with E-state index in [2.05, 4.69) is 5.48 Å². The number of hydroxylamine groups is 1. The second kappa shape index (κ2) is 5.75. The molecule has 1 saturated carbocycles. The molecular formula is C12H13FN2O4. The fourth-order valence-electron chi connectivity index (χ4n) is 2.00. The van der Waals surface area contributed by atoms with Crippen LogP contribution in [0.3, 0.4) is 0 Å². The van der Waals surface area contributed by atoms with Gasteiger partial charge in [0.15, 0.2) is 0 Å². The lowest BCUT2D eigenvalue weighted by molar-refractivity contribution is -0.384. The highest BCUT2D eigenvalue weighted by molar-refractivity contribution is 5.94. The van der Waals surface area contributed by atoms with Crippen LogP contribution in [0, 0.1) is 15.9 Å². The molecule has 7 heteroatoms. The number of nitro groups is 1. The maximum absolute atomic E-state index is 13.4. The molecule has 0 saturated heterocycles. The Balaban J connectivity index is 2.04. The summed E-state index contributed by atoms with van der Waals surface area (Å²) in [7, 11) is 0. The number of carbonyl (C=O) groups is 1. The van der Waals surface area contributed by atoms with Gasteiger partial charge in [0, 0.05) is 12.1 Å². The van der Waals surface area contributed by atoms with Crippen LogP contribution in [0.15, 0.2) is 18.2 Å². The molecule has 6 nitrogen and oxygen atoms in total. The molecule has 0 aliphatic heterocycles. The standard InChI is InChI=1S/C12H13FN2O4/c13-11-6-5-8(15(17)18)7-10(11)12(16)14-19-9-3-1-2-4-9/h5-7,9H,1-4H2,(H,14,16). The van der Waals surface area contributed by atoms with Gasteiger partial charge in [0.25, 0.3) is 11.6 Å². The zero-order chi connectivity index (χ0) is 13.8. The molecule has 0 unspecified atom stereocenters.